The van der Waals surface area contributed by atoms with E-state index in [1.54, 1.807) is 0 Å². The van der Waals surface area contributed by atoms with E-state index in [0.717, 1.165) is 32.1 Å². The van der Waals surface area contributed by atoms with Crippen molar-refractivity contribution in [3.8, 4) is 0 Å². The van der Waals surface area contributed by atoms with Gasteiger partial charge in [-0.05, 0) is 17.9 Å². The van der Waals surface area contributed by atoms with Crippen molar-refractivity contribution < 1.29 is 4.74 Å². The van der Waals surface area contributed by atoms with Crippen molar-refractivity contribution in [2.45, 2.75) is 24.0 Å². The van der Waals surface area contributed by atoms with Crippen LogP contribution in [0.2, 0.25) is 0 Å². The quantitative estimate of drug-likeness (QED) is 0.515. The van der Waals surface area contributed by atoms with Crippen LogP contribution in [-0.4, -0.2) is 32.1 Å². The highest BCUT2D eigenvalue weighted by Gasteiger charge is 1.94. The Bertz CT molecular complexity index is 239. The van der Waals surface area contributed by atoms with E-state index in [1.165, 1.54) is 17.1 Å². The fraction of sp³-hybridized carbons (Fsp3) is 0.667. The number of hydrogen-bond donors (Lipinski definition) is 1. The molecule has 0 radical (unpaired) electrons. The van der Waals surface area contributed by atoms with Crippen LogP contribution in [-0.2, 0) is 4.74 Å². The minimum absolute atomic E-state index is 0.837. The van der Waals surface area contributed by atoms with Gasteiger partial charge in [-0.1, -0.05) is 19.4 Å². The second-order valence-electron chi connectivity index (χ2n) is 3.50. The summed E-state index contributed by atoms with van der Waals surface area (Å²) >= 11 is 3.73. The molecule has 1 aromatic rings. The molecule has 1 aromatic heterocycles. The summed E-state index contributed by atoms with van der Waals surface area (Å²) in [5, 5.41) is 5.51. The summed E-state index contributed by atoms with van der Waals surface area (Å²) in [4.78, 5) is 0. The fourth-order valence-corrected chi connectivity index (χ4v) is 2.95. The molecule has 0 aromatic carbocycles. The van der Waals surface area contributed by atoms with Crippen LogP contribution in [0.5, 0.6) is 0 Å². The Balaban J connectivity index is 1.78. The minimum Gasteiger partial charge on any atom is -0.380 e. The zero-order valence-corrected chi connectivity index (χ0v) is 11.5. The Morgan fingerprint density at radius 3 is 3.06 bits per heavy atom. The Morgan fingerprint density at radius 2 is 2.31 bits per heavy atom. The van der Waals surface area contributed by atoms with Crippen LogP contribution < -0.4 is 5.32 Å². The highest BCUT2D eigenvalue weighted by molar-refractivity contribution is 8.01. The summed E-state index contributed by atoms with van der Waals surface area (Å²) in [6.07, 6.45) is 2.39. The minimum atomic E-state index is 0.837. The Morgan fingerprint density at radius 1 is 1.38 bits per heavy atom. The van der Waals surface area contributed by atoms with Gasteiger partial charge in [-0.15, -0.1) is 23.1 Å². The van der Waals surface area contributed by atoms with Crippen LogP contribution in [0.25, 0.3) is 0 Å². The first-order valence-corrected chi connectivity index (χ1v) is 7.74. The van der Waals surface area contributed by atoms with Crippen LogP contribution in [0.4, 0.5) is 0 Å². The van der Waals surface area contributed by atoms with Gasteiger partial charge in [0.2, 0.25) is 0 Å². The highest BCUT2D eigenvalue weighted by Crippen LogP contribution is 2.22. The third-order valence-electron chi connectivity index (χ3n) is 2.08. The van der Waals surface area contributed by atoms with Gasteiger partial charge in [-0.3, -0.25) is 0 Å². The maximum absolute atomic E-state index is 5.46. The topological polar surface area (TPSA) is 21.3 Å². The maximum atomic E-state index is 5.46. The standard InChI is InChI=1S/C12H21NOS2/c1-2-3-8-14-9-6-13-7-11-16-12-5-4-10-15-12/h4-5,10,13H,2-3,6-9,11H2,1H3. The molecule has 0 aliphatic rings. The van der Waals surface area contributed by atoms with Crippen molar-refractivity contribution in [3.05, 3.63) is 17.5 Å². The van der Waals surface area contributed by atoms with Crippen LogP contribution in [0, 0.1) is 0 Å². The third kappa shape index (κ3) is 7.28. The van der Waals surface area contributed by atoms with Gasteiger partial charge in [-0.25, -0.2) is 0 Å². The van der Waals surface area contributed by atoms with Gasteiger partial charge in [0.25, 0.3) is 0 Å². The number of thioether (sulfide) groups is 1. The number of hydrogen-bond acceptors (Lipinski definition) is 4. The van der Waals surface area contributed by atoms with E-state index in [0.29, 0.717) is 0 Å². The third-order valence-corrected chi connectivity index (χ3v) is 4.22. The Labute approximate surface area is 107 Å². The predicted octanol–water partition coefficient (Wildman–Crippen LogP) is 3.25. The van der Waals surface area contributed by atoms with Gasteiger partial charge >= 0.3 is 0 Å². The second-order valence-corrected chi connectivity index (χ2v) is 5.84. The van der Waals surface area contributed by atoms with E-state index in [4.69, 9.17) is 4.74 Å². The smallest absolute Gasteiger partial charge is 0.0598 e. The van der Waals surface area contributed by atoms with Crippen LogP contribution >= 0.6 is 23.1 Å². The first kappa shape index (κ1) is 14.0. The Kier molecular flexibility index (Phi) is 8.90. The molecule has 16 heavy (non-hydrogen) atoms. The molecular weight excluding hydrogens is 238 g/mol. The molecule has 1 rings (SSSR count). The molecule has 0 bridgehead atoms. The number of thiophene rings is 1. The summed E-state index contributed by atoms with van der Waals surface area (Å²) in [6.45, 7) is 5.95. The van der Waals surface area contributed by atoms with E-state index in [2.05, 4.69) is 29.8 Å². The SMILES string of the molecule is CCCCOCCNCCSc1cccs1. The molecule has 2 nitrogen and oxygen atoms in total. The molecule has 0 spiro atoms. The molecule has 0 aliphatic heterocycles. The lowest BCUT2D eigenvalue weighted by Gasteiger charge is -2.05. The van der Waals surface area contributed by atoms with Crippen LogP contribution in [0.1, 0.15) is 19.8 Å². The molecule has 0 unspecified atom stereocenters. The molecule has 1 heterocycles. The summed E-state index contributed by atoms with van der Waals surface area (Å²) in [7, 11) is 0. The number of nitrogens with one attached hydrogen (secondary N) is 1. The summed E-state index contributed by atoms with van der Waals surface area (Å²) in [5.74, 6) is 1.13. The summed E-state index contributed by atoms with van der Waals surface area (Å²) < 4.78 is 6.86. The summed E-state index contributed by atoms with van der Waals surface area (Å²) in [6, 6.07) is 4.27. The van der Waals surface area contributed by atoms with Gasteiger partial charge in [0.05, 0.1) is 10.8 Å². The van der Waals surface area contributed by atoms with Crippen molar-refractivity contribution in [3.63, 3.8) is 0 Å². The molecular formula is C12H21NOS2. The molecule has 0 saturated heterocycles. The molecule has 0 saturated carbocycles. The average molecular weight is 259 g/mol. The van der Waals surface area contributed by atoms with E-state index >= 15 is 0 Å². The monoisotopic (exact) mass is 259 g/mol. The van der Waals surface area contributed by atoms with Crippen molar-refractivity contribution in [1.82, 2.24) is 5.32 Å². The van der Waals surface area contributed by atoms with Crippen LogP contribution in [0.3, 0.4) is 0 Å². The molecule has 0 amide bonds. The fourth-order valence-electron chi connectivity index (χ4n) is 1.19. The lowest BCUT2D eigenvalue weighted by Crippen LogP contribution is -2.22. The predicted molar refractivity (Wildman–Crippen MR) is 73.6 cm³/mol. The molecule has 0 atom stereocenters. The molecule has 1 N–H and O–H groups in total. The van der Waals surface area contributed by atoms with Crippen molar-refractivity contribution >= 4 is 23.1 Å². The number of ether oxygens (including phenoxy) is 1. The first-order chi connectivity index (χ1) is 7.93. The number of unbranched alkanes of at least 4 members (excludes halogenated alkanes) is 1. The largest absolute Gasteiger partial charge is 0.380 e. The van der Waals surface area contributed by atoms with E-state index in [1.807, 2.05) is 23.1 Å². The van der Waals surface area contributed by atoms with Gasteiger partial charge < -0.3 is 10.1 Å². The van der Waals surface area contributed by atoms with Gasteiger partial charge in [0.1, 0.15) is 0 Å². The van der Waals surface area contributed by atoms with Gasteiger partial charge in [-0.2, -0.15) is 0 Å². The maximum Gasteiger partial charge on any atom is 0.0598 e. The first-order valence-electron chi connectivity index (χ1n) is 5.88. The lowest BCUT2D eigenvalue weighted by atomic mass is 10.4. The molecule has 4 heteroatoms. The van der Waals surface area contributed by atoms with E-state index < -0.39 is 0 Å². The normalized spacial score (nSPS) is 10.8. The van der Waals surface area contributed by atoms with Crippen molar-refractivity contribution in [1.29, 1.82) is 0 Å². The van der Waals surface area contributed by atoms with Crippen LogP contribution in [0.15, 0.2) is 21.7 Å². The zero-order chi connectivity index (χ0) is 11.5. The average Bonchev–Trinajstić information content (AvgIpc) is 2.80. The van der Waals surface area contributed by atoms with Gasteiger partial charge in [0, 0.05) is 25.4 Å². The second kappa shape index (κ2) is 10.1. The van der Waals surface area contributed by atoms with E-state index in [9.17, 15) is 0 Å². The Hall–Kier alpha value is -0.0300. The lowest BCUT2D eigenvalue weighted by molar-refractivity contribution is 0.133. The zero-order valence-electron chi connectivity index (χ0n) is 9.91. The molecule has 92 valence electrons. The molecule has 0 aliphatic carbocycles. The summed E-state index contributed by atoms with van der Waals surface area (Å²) in [5.41, 5.74) is 0. The van der Waals surface area contributed by atoms with Gasteiger partial charge in [0.15, 0.2) is 0 Å². The van der Waals surface area contributed by atoms with Crippen molar-refractivity contribution in [2.24, 2.45) is 0 Å². The number of rotatable bonds is 10. The highest BCUT2D eigenvalue weighted by atomic mass is 32.2. The molecule has 0 fully saturated rings. The van der Waals surface area contributed by atoms with E-state index in [-0.39, 0.29) is 0 Å². The van der Waals surface area contributed by atoms with Crippen molar-refractivity contribution in [2.75, 3.05) is 32.1 Å².